The summed E-state index contributed by atoms with van der Waals surface area (Å²) in [6.07, 6.45) is 5.26. The lowest BCUT2D eigenvalue weighted by Gasteiger charge is -2.37. The summed E-state index contributed by atoms with van der Waals surface area (Å²) in [7, 11) is 0. The summed E-state index contributed by atoms with van der Waals surface area (Å²) >= 11 is 0. The van der Waals surface area contributed by atoms with Crippen LogP contribution >= 0.6 is 0 Å². The van der Waals surface area contributed by atoms with Crippen LogP contribution in [-0.2, 0) is 9.47 Å². The molecule has 0 aliphatic carbocycles. The molecule has 2 saturated heterocycles. The molecule has 1 spiro atoms. The summed E-state index contributed by atoms with van der Waals surface area (Å²) in [5.41, 5.74) is 0.848. The van der Waals surface area contributed by atoms with Crippen LogP contribution in [-0.4, -0.2) is 60.3 Å². The first-order chi connectivity index (χ1) is 12.5. The third-order valence-corrected chi connectivity index (χ3v) is 4.88. The van der Waals surface area contributed by atoms with Gasteiger partial charge in [-0.3, -0.25) is 14.6 Å². The van der Waals surface area contributed by atoms with E-state index in [1.807, 2.05) is 0 Å². The normalized spacial score (nSPS) is 19.1. The highest BCUT2D eigenvalue weighted by molar-refractivity contribution is 5.99. The molecule has 3 heterocycles. The number of carbonyl (C=O) groups is 2. The van der Waals surface area contributed by atoms with Crippen molar-refractivity contribution in [2.45, 2.75) is 38.9 Å². The molecule has 0 aromatic carbocycles. The number of amides is 2. The topological polar surface area (TPSA) is 80.8 Å². The van der Waals surface area contributed by atoms with Crippen LogP contribution in [0.15, 0.2) is 18.5 Å². The molecule has 1 aromatic heterocycles. The van der Waals surface area contributed by atoms with Crippen molar-refractivity contribution in [2.24, 2.45) is 5.92 Å². The van der Waals surface area contributed by atoms with Crippen molar-refractivity contribution in [1.29, 1.82) is 0 Å². The van der Waals surface area contributed by atoms with Gasteiger partial charge >= 0.3 is 0 Å². The molecule has 7 heteroatoms. The highest BCUT2D eigenvalue weighted by Gasteiger charge is 2.40. The van der Waals surface area contributed by atoms with Gasteiger partial charge in [0.15, 0.2) is 5.79 Å². The van der Waals surface area contributed by atoms with Gasteiger partial charge in [0.25, 0.3) is 11.8 Å². The second-order valence-electron chi connectivity index (χ2n) is 7.30. The lowest BCUT2D eigenvalue weighted by molar-refractivity contribution is -0.181. The van der Waals surface area contributed by atoms with Gasteiger partial charge in [0, 0.05) is 44.9 Å². The second-order valence-corrected chi connectivity index (χ2v) is 7.30. The van der Waals surface area contributed by atoms with Crippen LogP contribution in [0, 0.1) is 5.92 Å². The van der Waals surface area contributed by atoms with Gasteiger partial charge in [-0.1, -0.05) is 13.8 Å². The molecule has 7 nitrogen and oxygen atoms in total. The van der Waals surface area contributed by atoms with E-state index in [0.717, 1.165) is 6.42 Å². The maximum Gasteiger partial charge on any atom is 0.255 e. The van der Waals surface area contributed by atoms with Gasteiger partial charge in [-0.25, -0.2) is 0 Å². The van der Waals surface area contributed by atoms with E-state index in [2.05, 4.69) is 24.1 Å². The van der Waals surface area contributed by atoms with Crippen molar-refractivity contribution in [1.82, 2.24) is 15.2 Å². The first-order valence-corrected chi connectivity index (χ1v) is 9.29. The molecule has 0 bridgehead atoms. The summed E-state index contributed by atoms with van der Waals surface area (Å²) < 4.78 is 11.4. The number of rotatable bonds is 5. The Bertz CT molecular complexity index is 646. The zero-order valence-corrected chi connectivity index (χ0v) is 15.5. The number of carbonyl (C=O) groups excluding carboxylic acids is 2. The number of pyridine rings is 1. The number of aromatic nitrogens is 1. The molecular weight excluding hydrogens is 334 g/mol. The number of hydrogen-bond donors (Lipinski definition) is 1. The Hall–Kier alpha value is -1.99. The Labute approximate surface area is 154 Å². The quantitative estimate of drug-likeness (QED) is 0.865. The van der Waals surface area contributed by atoms with E-state index in [-0.39, 0.29) is 11.8 Å². The molecule has 2 aliphatic heterocycles. The minimum atomic E-state index is -0.507. The maximum atomic E-state index is 12.8. The SMILES string of the molecule is CC(C)CCNC(=O)c1cncc(C(=O)N2CCC3(CC2)OCCO3)c1. The summed E-state index contributed by atoms with van der Waals surface area (Å²) in [4.78, 5) is 30.8. The molecule has 3 rings (SSSR count). The summed E-state index contributed by atoms with van der Waals surface area (Å²) in [6, 6.07) is 1.62. The van der Waals surface area contributed by atoms with Gasteiger partial charge in [-0.15, -0.1) is 0 Å². The third-order valence-electron chi connectivity index (χ3n) is 4.88. The maximum absolute atomic E-state index is 12.8. The van der Waals surface area contributed by atoms with Crippen molar-refractivity contribution < 1.29 is 19.1 Å². The zero-order valence-electron chi connectivity index (χ0n) is 15.5. The van der Waals surface area contributed by atoms with Crippen molar-refractivity contribution in [3.8, 4) is 0 Å². The van der Waals surface area contributed by atoms with Gasteiger partial charge in [0.05, 0.1) is 24.3 Å². The molecule has 2 aliphatic rings. The largest absolute Gasteiger partial charge is 0.352 e. The molecule has 26 heavy (non-hydrogen) atoms. The average Bonchev–Trinajstić information content (AvgIpc) is 3.09. The van der Waals surface area contributed by atoms with Crippen LogP contribution in [0.3, 0.4) is 0 Å². The molecule has 0 radical (unpaired) electrons. The number of piperidine rings is 1. The number of ether oxygens (including phenoxy) is 2. The fraction of sp³-hybridized carbons (Fsp3) is 0.632. The zero-order chi connectivity index (χ0) is 18.6. The lowest BCUT2D eigenvalue weighted by atomic mass is 10.0. The molecule has 1 N–H and O–H groups in total. The highest BCUT2D eigenvalue weighted by atomic mass is 16.7. The van der Waals surface area contributed by atoms with E-state index in [1.165, 1.54) is 12.4 Å². The minimum absolute atomic E-state index is 0.109. The minimum Gasteiger partial charge on any atom is -0.352 e. The standard InChI is InChI=1S/C19H27N3O4/c1-14(2)3-6-21-17(23)15-11-16(13-20-12-15)18(24)22-7-4-19(5-8-22)25-9-10-26-19/h11-14H,3-10H2,1-2H3,(H,21,23). The third kappa shape index (κ3) is 4.40. The van der Waals surface area contributed by atoms with Crippen LogP contribution in [0.25, 0.3) is 0 Å². The van der Waals surface area contributed by atoms with Crippen molar-refractivity contribution in [3.05, 3.63) is 29.6 Å². The van der Waals surface area contributed by atoms with Crippen molar-refractivity contribution in [2.75, 3.05) is 32.8 Å². The van der Waals surface area contributed by atoms with Gasteiger partial charge in [0.2, 0.25) is 0 Å². The van der Waals surface area contributed by atoms with Crippen LogP contribution < -0.4 is 5.32 Å². The van der Waals surface area contributed by atoms with Gasteiger partial charge < -0.3 is 19.7 Å². The van der Waals surface area contributed by atoms with Crippen LogP contribution in [0.4, 0.5) is 0 Å². The first kappa shape index (κ1) is 18.8. The van der Waals surface area contributed by atoms with Crippen molar-refractivity contribution in [3.63, 3.8) is 0 Å². The predicted molar refractivity (Wildman–Crippen MR) is 95.8 cm³/mol. The van der Waals surface area contributed by atoms with Gasteiger partial charge in [0.1, 0.15) is 0 Å². The molecule has 0 atom stereocenters. The molecule has 2 fully saturated rings. The summed E-state index contributed by atoms with van der Waals surface area (Å²) in [6.45, 7) is 7.21. The first-order valence-electron chi connectivity index (χ1n) is 9.29. The Balaban J connectivity index is 1.59. The fourth-order valence-corrected chi connectivity index (χ4v) is 3.28. The molecular formula is C19H27N3O4. The van der Waals surface area contributed by atoms with E-state index >= 15 is 0 Å². The highest BCUT2D eigenvalue weighted by Crippen LogP contribution is 2.31. The average molecular weight is 361 g/mol. The van der Waals surface area contributed by atoms with Crippen molar-refractivity contribution >= 4 is 11.8 Å². The summed E-state index contributed by atoms with van der Waals surface area (Å²) in [5.74, 6) is -0.287. The molecule has 0 saturated carbocycles. The molecule has 1 aromatic rings. The monoisotopic (exact) mass is 361 g/mol. The van der Waals surface area contributed by atoms with E-state index < -0.39 is 5.79 Å². The molecule has 0 unspecified atom stereocenters. The number of nitrogens with one attached hydrogen (secondary N) is 1. The number of hydrogen-bond acceptors (Lipinski definition) is 5. The number of nitrogens with zero attached hydrogens (tertiary/aromatic N) is 2. The number of likely N-dealkylation sites (tertiary alicyclic amines) is 1. The smallest absolute Gasteiger partial charge is 0.255 e. The second kappa shape index (κ2) is 8.14. The lowest BCUT2D eigenvalue weighted by Crippen LogP contribution is -2.47. The van der Waals surface area contributed by atoms with Crippen LogP contribution in [0.1, 0.15) is 53.8 Å². The van der Waals surface area contributed by atoms with E-state index in [1.54, 1.807) is 11.0 Å². The molecule has 142 valence electrons. The Kier molecular flexibility index (Phi) is 5.88. The van der Waals surface area contributed by atoms with Crippen LogP contribution in [0.5, 0.6) is 0 Å². The van der Waals surface area contributed by atoms with E-state index in [0.29, 0.717) is 62.7 Å². The van der Waals surface area contributed by atoms with Gasteiger partial charge in [-0.05, 0) is 18.4 Å². The van der Waals surface area contributed by atoms with Gasteiger partial charge in [-0.2, -0.15) is 0 Å². The molecule has 2 amide bonds. The van der Waals surface area contributed by atoms with Crippen LogP contribution in [0.2, 0.25) is 0 Å². The Morgan fingerprint density at radius 1 is 1.19 bits per heavy atom. The predicted octanol–water partition coefficient (Wildman–Crippen LogP) is 1.84. The van der Waals surface area contributed by atoms with E-state index in [9.17, 15) is 9.59 Å². The summed E-state index contributed by atoms with van der Waals surface area (Å²) in [5, 5.41) is 2.87. The van der Waals surface area contributed by atoms with E-state index in [4.69, 9.17) is 9.47 Å². The Morgan fingerprint density at radius 3 is 2.50 bits per heavy atom. The Morgan fingerprint density at radius 2 is 1.85 bits per heavy atom. The fourth-order valence-electron chi connectivity index (χ4n) is 3.28.